The molecule has 1 atom stereocenters. The molecule has 3 heteroatoms. The Morgan fingerprint density at radius 3 is 3.00 bits per heavy atom. The number of nitrogens with zero attached hydrogens (tertiary/aromatic N) is 1. The molecule has 0 bridgehead atoms. The van der Waals surface area contributed by atoms with Crippen molar-refractivity contribution in [1.82, 2.24) is 4.90 Å². The second-order valence-corrected chi connectivity index (χ2v) is 3.79. The first-order valence-corrected chi connectivity index (χ1v) is 5.37. The summed E-state index contributed by atoms with van der Waals surface area (Å²) in [5, 5.41) is 0. The summed E-state index contributed by atoms with van der Waals surface area (Å²) in [7, 11) is 2.11. The Kier molecular flexibility index (Phi) is 5.44. The second-order valence-electron chi connectivity index (χ2n) is 3.48. The Morgan fingerprint density at radius 1 is 1.54 bits per heavy atom. The van der Waals surface area contributed by atoms with Crippen molar-refractivity contribution in [3.63, 3.8) is 0 Å². The van der Waals surface area contributed by atoms with E-state index >= 15 is 0 Å². The van der Waals surface area contributed by atoms with Gasteiger partial charge in [0.05, 0.1) is 6.10 Å². The lowest BCUT2D eigenvalue weighted by Crippen LogP contribution is -2.28. The monoisotopic (exact) mass is 203 g/mol. The lowest BCUT2D eigenvalue weighted by molar-refractivity contribution is 0.0843. The highest BCUT2D eigenvalue weighted by Crippen LogP contribution is 2.12. The molecule has 0 aromatic rings. The van der Waals surface area contributed by atoms with Crippen molar-refractivity contribution in [1.29, 1.82) is 0 Å². The molecule has 1 heterocycles. The predicted molar refractivity (Wildman–Crippen MR) is 56.3 cm³/mol. The van der Waals surface area contributed by atoms with E-state index in [0.717, 1.165) is 19.7 Å². The van der Waals surface area contributed by atoms with E-state index in [-0.39, 0.29) is 0 Å². The van der Waals surface area contributed by atoms with E-state index in [1.54, 1.807) is 0 Å². The van der Waals surface area contributed by atoms with E-state index in [4.69, 9.17) is 16.3 Å². The van der Waals surface area contributed by atoms with Gasteiger partial charge in [-0.2, -0.15) is 0 Å². The highest BCUT2D eigenvalue weighted by Gasteiger charge is 2.16. The molecule has 0 saturated carbocycles. The molecule has 0 aromatic carbocycles. The summed E-state index contributed by atoms with van der Waals surface area (Å²) in [6, 6.07) is 0. The van der Waals surface area contributed by atoms with Crippen LogP contribution in [0.5, 0.6) is 0 Å². The van der Waals surface area contributed by atoms with Gasteiger partial charge in [0, 0.05) is 25.6 Å². The SMILES string of the molecule is CN(CC=CCCl)CC1CCCO1. The fraction of sp³-hybridized carbons (Fsp3) is 0.800. The third kappa shape index (κ3) is 4.65. The first-order valence-electron chi connectivity index (χ1n) is 4.84. The van der Waals surface area contributed by atoms with E-state index in [1.165, 1.54) is 12.8 Å². The summed E-state index contributed by atoms with van der Waals surface area (Å²) in [5.41, 5.74) is 0. The van der Waals surface area contributed by atoms with Crippen molar-refractivity contribution in [2.75, 3.05) is 32.6 Å². The topological polar surface area (TPSA) is 12.5 Å². The number of halogens is 1. The minimum Gasteiger partial charge on any atom is -0.377 e. The van der Waals surface area contributed by atoms with Crippen LogP contribution in [0.3, 0.4) is 0 Å². The molecule has 1 aliphatic rings. The summed E-state index contributed by atoms with van der Waals surface area (Å²) < 4.78 is 5.54. The van der Waals surface area contributed by atoms with Crippen molar-refractivity contribution in [2.45, 2.75) is 18.9 Å². The van der Waals surface area contributed by atoms with E-state index in [0.29, 0.717) is 12.0 Å². The number of likely N-dealkylation sites (N-methyl/N-ethyl adjacent to an activating group) is 1. The van der Waals surface area contributed by atoms with Crippen LogP contribution in [0, 0.1) is 0 Å². The third-order valence-corrected chi connectivity index (χ3v) is 2.39. The van der Waals surface area contributed by atoms with Crippen molar-refractivity contribution in [3.05, 3.63) is 12.2 Å². The van der Waals surface area contributed by atoms with Gasteiger partial charge in [-0.3, -0.25) is 0 Å². The summed E-state index contributed by atoms with van der Waals surface area (Å²) in [6.07, 6.45) is 6.96. The van der Waals surface area contributed by atoms with Gasteiger partial charge >= 0.3 is 0 Å². The van der Waals surface area contributed by atoms with Crippen molar-refractivity contribution < 1.29 is 4.74 Å². The van der Waals surface area contributed by atoms with Crippen molar-refractivity contribution in [3.8, 4) is 0 Å². The van der Waals surface area contributed by atoms with E-state index in [9.17, 15) is 0 Å². The smallest absolute Gasteiger partial charge is 0.0702 e. The van der Waals surface area contributed by atoms with Crippen LogP contribution in [-0.2, 0) is 4.74 Å². The van der Waals surface area contributed by atoms with Gasteiger partial charge in [-0.05, 0) is 19.9 Å². The standard InChI is InChI=1S/C10H18ClNO/c1-12(7-3-2-6-11)9-10-5-4-8-13-10/h2-3,10H,4-9H2,1H3. The average Bonchev–Trinajstić information content (AvgIpc) is 2.57. The van der Waals surface area contributed by atoms with Crippen LogP contribution in [0.4, 0.5) is 0 Å². The number of hydrogen-bond acceptors (Lipinski definition) is 2. The Labute approximate surface area is 85.5 Å². The lowest BCUT2D eigenvalue weighted by Gasteiger charge is -2.18. The Bertz CT molecular complexity index is 155. The number of hydrogen-bond donors (Lipinski definition) is 0. The quantitative estimate of drug-likeness (QED) is 0.500. The molecule has 13 heavy (non-hydrogen) atoms. The fourth-order valence-electron chi connectivity index (χ4n) is 1.53. The maximum absolute atomic E-state index is 5.54. The molecule has 1 unspecified atom stereocenters. The van der Waals surface area contributed by atoms with Gasteiger partial charge in [0.15, 0.2) is 0 Å². The molecular formula is C10H18ClNO. The summed E-state index contributed by atoms with van der Waals surface area (Å²) in [6.45, 7) is 2.94. The van der Waals surface area contributed by atoms with Crippen LogP contribution in [0.15, 0.2) is 12.2 Å². The van der Waals surface area contributed by atoms with Crippen molar-refractivity contribution in [2.24, 2.45) is 0 Å². The van der Waals surface area contributed by atoms with E-state index in [1.807, 2.05) is 6.08 Å². The molecular weight excluding hydrogens is 186 g/mol. The largest absolute Gasteiger partial charge is 0.377 e. The van der Waals surface area contributed by atoms with Crippen LogP contribution < -0.4 is 0 Å². The Morgan fingerprint density at radius 2 is 2.38 bits per heavy atom. The van der Waals surface area contributed by atoms with E-state index in [2.05, 4.69) is 18.0 Å². The van der Waals surface area contributed by atoms with Gasteiger partial charge in [0.25, 0.3) is 0 Å². The minimum absolute atomic E-state index is 0.453. The van der Waals surface area contributed by atoms with Gasteiger partial charge in [0.2, 0.25) is 0 Å². The summed E-state index contributed by atoms with van der Waals surface area (Å²) in [4.78, 5) is 2.26. The molecule has 1 aliphatic heterocycles. The minimum atomic E-state index is 0.453. The van der Waals surface area contributed by atoms with Gasteiger partial charge in [-0.1, -0.05) is 12.2 Å². The first kappa shape index (κ1) is 11.0. The molecule has 0 amide bonds. The fourth-order valence-corrected chi connectivity index (χ4v) is 1.65. The molecule has 0 spiro atoms. The van der Waals surface area contributed by atoms with E-state index < -0.39 is 0 Å². The molecule has 2 nitrogen and oxygen atoms in total. The molecule has 76 valence electrons. The van der Waals surface area contributed by atoms with Gasteiger partial charge in [0.1, 0.15) is 0 Å². The lowest BCUT2D eigenvalue weighted by atomic mass is 10.2. The van der Waals surface area contributed by atoms with Gasteiger partial charge in [-0.15, -0.1) is 11.6 Å². The molecule has 0 N–H and O–H groups in total. The molecule has 1 saturated heterocycles. The second kappa shape index (κ2) is 6.41. The Hall–Kier alpha value is -0.0500. The number of allylic oxidation sites excluding steroid dienone is 1. The van der Waals surface area contributed by atoms with Crippen molar-refractivity contribution >= 4 is 11.6 Å². The van der Waals surface area contributed by atoms with Crippen LogP contribution in [0.25, 0.3) is 0 Å². The average molecular weight is 204 g/mol. The summed E-state index contributed by atoms with van der Waals surface area (Å²) >= 11 is 5.53. The zero-order valence-corrected chi connectivity index (χ0v) is 8.96. The molecule has 1 fully saturated rings. The maximum atomic E-state index is 5.54. The highest BCUT2D eigenvalue weighted by atomic mass is 35.5. The predicted octanol–water partition coefficient (Wildman–Crippen LogP) is 1.89. The Balaban J connectivity index is 2.09. The van der Waals surface area contributed by atoms with Crippen LogP contribution in [-0.4, -0.2) is 43.6 Å². The maximum Gasteiger partial charge on any atom is 0.0702 e. The molecule has 0 aliphatic carbocycles. The zero-order chi connectivity index (χ0) is 9.52. The third-order valence-electron chi connectivity index (χ3n) is 2.21. The van der Waals surface area contributed by atoms with Crippen LogP contribution >= 0.6 is 11.6 Å². The number of ether oxygens (including phenoxy) is 1. The van der Waals surface area contributed by atoms with Crippen LogP contribution in [0.2, 0.25) is 0 Å². The normalized spacial score (nSPS) is 23.5. The van der Waals surface area contributed by atoms with Gasteiger partial charge < -0.3 is 9.64 Å². The molecule has 0 aromatic heterocycles. The number of alkyl halides is 1. The highest BCUT2D eigenvalue weighted by molar-refractivity contribution is 6.18. The van der Waals surface area contributed by atoms with Crippen LogP contribution in [0.1, 0.15) is 12.8 Å². The number of rotatable bonds is 5. The summed E-state index contributed by atoms with van der Waals surface area (Å²) in [5.74, 6) is 0.605. The molecule has 1 rings (SSSR count). The molecule has 0 radical (unpaired) electrons. The first-order chi connectivity index (χ1) is 6.33. The van der Waals surface area contributed by atoms with Gasteiger partial charge in [-0.25, -0.2) is 0 Å². The zero-order valence-electron chi connectivity index (χ0n) is 8.21.